The molecule has 120 valence electrons. The quantitative estimate of drug-likeness (QED) is 0.865. The van der Waals surface area contributed by atoms with Gasteiger partial charge in [-0.2, -0.15) is 0 Å². The molecule has 2 unspecified atom stereocenters. The first-order chi connectivity index (χ1) is 10.2. The smallest absolute Gasteiger partial charge is 0.0723 e. The zero-order valence-corrected chi connectivity index (χ0v) is 13.5. The van der Waals surface area contributed by atoms with E-state index in [9.17, 15) is 5.11 Å². The van der Waals surface area contributed by atoms with Crippen molar-refractivity contribution in [2.24, 2.45) is 23.2 Å². The Morgan fingerprint density at radius 1 is 1.14 bits per heavy atom. The number of rotatable bonds is 4. The van der Waals surface area contributed by atoms with Crippen molar-refractivity contribution in [2.45, 2.75) is 64.0 Å². The minimum absolute atomic E-state index is 0.113. The normalized spacial score (nSPS) is 47.7. The van der Waals surface area contributed by atoms with Gasteiger partial charge in [-0.3, -0.25) is 4.90 Å². The van der Waals surface area contributed by atoms with Crippen LogP contribution in [0.25, 0.3) is 0 Å². The third-order valence-electron chi connectivity index (χ3n) is 7.02. The third-order valence-corrected chi connectivity index (χ3v) is 7.02. The summed E-state index contributed by atoms with van der Waals surface area (Å²) in [4.78, 5) is 2.51. The number of nitrogens with zero attached hydrogens (tertiary/aromatic N) is 1. The van der Waals surface area contributed by atoms with Crippen molar-refractivity contribution in [3.63, 3.8) is 0 Å². The molecule has 0 spiro atoms. The lowest BCUT2D eigenvalue weighted by Gasteiger charge is -2.59. The summed E-state index contributed by atoms with van der Waals surface area (Å²) < 4.78 is 5.61. The first-order valence-electron chi connectivity index (χ1n) is 9.18. The van der Waals surface area contributed by atoms with Gasteiger partial charge in [-0.25, -0.2) is 0 Å². The van der Waals surface area contributed by atoms with Crippen LogP contribution in [0.5, 0.6) is 0 Å². The van der Waals surface area contributed by atoms with Crippen molar-refractivity contribution in [2.75, 3.05) is 26.3 Å². The molecule has 1 aliphatic heterocycles. The summed E-state index contributed by atoms with van der Waals surface area (Å²) in [6.07, 6.45) is 9.32. The summed E-state index contributed by atoms with van der Waals surface area (Å²) in [6, 6.07) is 0.516. The number of aliphatic hydroxyl groups excluding tert-OH is 1. The van der Waals surface area contributed by atoms with Crippen LogP contribution in [-0.2, 0) is 4.74 Å². The highest BCUT2D eigenvalue weighted by Crippen LogP contribution is 2.61. The molecule has 0 amide bonds. The molecule has 21 heavy (non-hydrogen) atoms. The highest BCUT2D eigenvalue weighted by Gasteiger charge is 2.54. The Balaban J connectivity index is 1.45. The second-order valence-electron chi connectivity index (χ2n) is 8.43. The highest BCUT2D eigenvalue weighted by molar-refractivity contribution is 5.05. The van der Waals surface area contributed by atoms with Crippen molar-refractivity contribution in [3.05, 3.63) is 0 Å². The van der Waals surface area contributed by atoms with Gasteiger partial charge in [0.1, 0.15) is 0 Å². The van der Waals surface area contributed by atoms with E-state index < -0.39 is 0 Å². The Morgan fingerprint density at radius 2 is 1.76 bits per heavy atom. The Kier molecular flexibility index (Phi) is 3.79. The Hall–Kier alpha value is -0.120. The van der Waals surface area contributed by atoms with Gasteiger partial charge in [-0.15, -0.1) is 0 Å². The molecule has 1 N–H and O–H groups in total. The molecule has 4 aliphatic carbocycles. The Bertz CT molecular complexity index is 348. The molecule has 4 bridgehead atoms. The predicted molar refractivity (Wildman–Crippen MR) is 83.1 cm³/mol. The fourth-order valence-electron chi connectivity index (χ4n) is 6.31. The zero-order valence-electron chi connectivity index (χ0n) is 13.5. The molecule has 0 aromatic carbocycles. The summed E-state index contributed by atoms with van der Waals surface area (Å²) >= 11 is 0. The lowest BCUT2D eigenvalue weighted by Crippen LogP contribution is -2.56. The van der Waals surface area contributed by atoms with Gasteiger partial charge in [-0.1, -0.05) is 6.92 Å². The molecular formula is C18H31NO2. The molecule has 2 atom stereocenters. The third kappa shape index (κ3) is 2.55. The number of hydrogen-bond acceptors (Lipinski definition) is 3. The molecule has 3 heteroatoms. The first-order valence-corrected chi connectivity index (χ1v) is 9.18. The number of morpholine rings is 1. The van der Waals surface area contributed by atoms with E-state index in [-0.39, 0.29) is 11.5 Å². The fraction of sp³-hybridized carbons (Fsp3) is 1.00. The summed E-state index contributed by atoms with van der Waals surface area (Å²) in [6.45, 7) is 5.81. The monoisotopic (exact) mass is 293 g/mol. The van der Waals surface area contributed by atoms with Crippen LogP contribution in [0.1, 0.15) is 51.9 Å². The van der Waals surface area contributed by atoms with Crippen LogP contribution in [0.2, 0.25) is 0 Å². The molecule has 1 saturated heterocycles. The minimum atomic E-state index is -0.113. The van der Waals surface area contributed by atoms with Gasteiger partial charge in [0.05, 0.1) is 19.3 Å². The van der Waals surface area contributed by atoms with Crippen molar-refractivity contribution in [1.82, 2.24) is 4.90 Å². The van der Waals surface area contributed by atoms with Crippen molar-refractivity contribution in [3.8, 4) is 0 Å². The molecule has 5 aliphatic rings. The summed E-state index contributed by atoms with van der Waals surface area (Å²) in [5.74, 6) is 2.78. The summed E-state index contributed by atoms with van der Waals surface area (Å²) in [5, 5.41) is 11.1. The maximum Gasteiger partial charge on any atom is 0.0723 e. The molecule has 0 radical (unpaired) electrons. The standard InChI is InChI=1S/C18H31NO2/c1-2-16-12-21-4-3-19(16)11-17(20)18-8-13-5-14(9-18)7-15(6-13)10-18/h13-17,20H,2-12H2,1H3. The largest absolute Gasteiger partial charge is 0.391 e. The molecule has 0 aromatic rings. The van der Waals surface area contributed by atoms with Gasteiger partial charge >= 0.3 is 0 Å². The molecule has 5 rings (SSSR count). The van der Waals surface area contributed by atoms with E-state index in [1.54, 1.807) is 0 Å². The topological polar surface area (TPSA) is 32.7 Å². The first kappa shape index (κ1) is 14.5. The maximum absolute atomic E-state index is 11.1. The minimum Gasteiger partial charge on any atom is -0.391 e. The maximum atomic E-state index is 11.1. The molecule has 1 heterocycles. The van der Waals surface area contributed by atoms with Crippen LogP contribution in [0.4, 0.5) is 0 Å². The van der Waals surface area contributed by atoms with Gasteiger partial charge < -0.3 is 9.84 Å². The predicted octanol–water partition coefficient (Wildman–Crippen LogP) is 2.67. The van der Waals surface area contributed by atoms with Gasteiger partial charge in [0.25, 0.3) is 0 Å². The van der Waals surface area contributed by atoms with Crippen LogP contribution in [0.15, 0.2) is 0 Å². The van der Waals surface area contributed by atoms with E-state index in [1.807, 2.05) is 0 Å². The highest BCUT2D eigenvalue weighted by atomic mass is 16.5. The van der Waals surface area contributed by atoms with Gasteiger partial charge in [0, 0.05) is 19.1 Å². The SMILES string of the molecule is CCC1COCCN1CC(O)C12CC3CC(CC(C3)C1)C2. The number of hydrogen-bond donors (Lipinski definition) is 1. The van der Waals surface area contributed by atoms with E-state index in [4.69, 9.17) is 4.74 Å². The van der Waals surface area contributed by atoms with Crippen LogP contribution in [0.3, 0.4) is 0 Å². The van der Waals surface area contributed by atoms with Gasteiger partial charge in [0.15, 0.2) is 0 Å². The van der Waals surface area contributed by atoms with Crippen LogP contribution in [0, 0.1) is 23.2 Å². The molecule has 3 nitrogen and oxygen atoms in total. The van der Waals surface area contributed by atoms with Crippen LogP contribution >= 0.6 is 0 Å². The zero-order chi connectivity index (χ0) is 14.4. The number of ether oxygens (including phenoxy) is 1. The second kappa shape index (κ2) is 5.50. The van der Waals surface area contributed by atoms with Gasteiger partial charge in [0.2, 0.25) is 0 Å². The number of β-amino-alcohol motifs (C(OH)–C–C–N with tert-alkyl or cyclic N) is 1. The van der Waals surface area contributed by atoms with Crippen LogP contribution in [-0.4, -0.2) is 48.5 Å². The molecule has 4 saturated carbocycles. The van der Waals surface area contributed by atoms with Crippen molar-refractivity contribution < 1.29 is 9.84 Å². The average molecular weight is 293 g/mol. The van der Waals surface area contributed by atoms with Gasteiger partial charge in [-0.05, 0) is 68.1 Å². The molecular weight excluding hydrogens is 262 g/mol. The van der Waals surface area contributed by atoms with Crippen LogP contribution < -0.4 is 0 Å². The summed E-state index contributed by atoms with van der Waals surface area (Å²) in [5.41, 5.74) is 0.269. The molecule has 5 fully saturated rings. The van der Waals surface area contributed by atoms with Crippen molar-refractivity contribution in [1.29, 1.82) is 0 Å². The van der Waals surface area contributed by atoms with E-state index >= 15 is 0 Å². The molecule has 0 aromatic heterocycles. The average Bonchev–Trinajstić information content (AvgIpc) is 2.46. The summed E-state index contributed by atoms with van der Waals surface area (Å²) in [7, 11) is 0. The second-order valence-corrected chi connectivity index (χ2v) is 8.43. The Labute approximate surface area is 129 Å². The van der Waals surface area contributed by atoms with E-state index in [0.717, 1.165) is 50.5 Å². The Morgan fingerprint density at radius 3 is 2.33 bits per heavy atom. The van der Waals surface area contributed by atoms with Crippen molar-refractivity contribution >= 4 is 0 Å². The fourth-order valence-corrected chi connectivity index (χ4v) is 6.31. The number of aliphatic hydroxyl groups is 1. The van der Waals surface area contributed by atoms with E-state index in [2.05, 4.69) is 11.8 Å². The lowest BCUT2D eigenvalue weighted by molar-refractivity contribution is -0.135. The lowest BCUT2D eigenvalue weighted by atomic mass is 9.48. The van der Waals surface area contributed by atoms with E-state index in [0.29, 0.717) is 6.04 Å². The van der Waals surface area contributed by atoms with E-state index in [1.165, 1.54) is 38.5 Å².